The van der Waals surface area contributed by atoms with Crippen LogP contribution in [0.2, 0.25) is 0 Å². The molecule has 0 amide bonds. The molecule has 4 aromatic rings. The Bertz CT molecular complexity index is 884. The fraction of sp³-hybridized carbons (Fsp3) is 0. The lowest BCUT2D eigenvalue weighted by Crippen LogP contribution is -1.94. The number of benzene rings is 2. The summed E-state index contributed by atoms with van der Waals surface area (Å²) in [6.07, 6.45) is 1.61. The van der Waals surface area contributed by atoms with Crippen LogP contribution in [-0.2, 0) is 0 Å². The molecular formula is C16H11N3S. The first-order valence-corrected chi connectivity index (χ1v) is 7.18. The van der Waals surface area contributed by atoms with Crippen molar-refractivity contribution in [3.05, 3.63) is 60.9 Å². The van der Waals surface area contributed by atoms with Gasteiger partial charge in [0.15, 0.2) is 0 Å². The van der Waals surface area contributed by atoms with E-state index in [1.807, 2.05) is 36.4 Å². The number of hydrogen-bond donors (Lipinski definition) is 1. The summed E-state index contributed by atoms with van der Waals surface area (Å²) in [6, 6.07) is 18.4. The molecule has 0 spiro atoms. The maximum Gasteiger partial charge on any atom is 0.143 e. The Kier molecular flexibility index (Phi) is 2.60. The Morgan fingerprint density at radius 1 is 0.850 bits per heavy atom. The van der Waals surface area contributed by atoms with Gasteiger partial charge in [0.25, 0.3) is 0 Å². The van der Waals surface area contributed by atoms with Crippen LogP contribution in [0.25, 0.3) is 20.3 Å². The lowest BCUT2D eigenvalue weighted by atomic mass is 10.2. The predicted octanol–water partition coefficient (Wildman–Crippen LogP) is 4.59. The Balaban J connectivity index is 1.95. The summed E-state index contributed by atoms with van der Waals surface area (Å²) >= 11 is 1.70. The zero-order chi connectivity index (χ0) is 13.4. The van der Waals surface area contributed by atoms with Crippen molar-refractivity contribution >= 4 is 43.1 Å². The second-order valence-corrected chi connectivity index (χ2v) is 5.52. The number of para-hydroxylation sites is 1. The molecule has 0 unspecified atom stereocenters. The third-order valence-corrected chi connectivity index (χ3v) is 4.29. The average molecular weight is 277 g/mol. The van der Waals surface area contributed by atoms with Gasteiger partial charge in [-0.2, -0.15) is 0 Å². The molecule has 2 aromatic heterocycles. The Labute approximate surface area is 119 Å². The minimum Gasteiger partial charge on any atom is -0.340 e. The maximum absolute atomic E-state index is 4.41. The Morgan fingerprint density at radius 2 is 1.65 bits per heavy atom. The van der Waals surface area contributed by atoms with Crippen molar-refractivity contribution in [2.45, 2.75) is 0 Å². The maximum atomic E-state index is 4.41. The lowest BCUT2D eigenvalue weighted by molar-refractivity contribution is 1.23. The van der Waals surface area contributed by atoms with Gasteiger partial charge in [-0.05, 0) is 18.2 Å². The van der Waals surface area contributed by atoms with E-state index in [2.05, 4.69) is 33.5 Å². The number of rotatable bonds is 2. The summed E-state index contributed by atoms with van der Waals surface area (Å²) in [5.41, 5.74) is 1.03. The molecule has 2 aromatic carbocycles. The van der Waals surface area contributed by atoms with Gasteiger partial charge in [0, 0.05) is 15.8 Å². The van der Waals surface area contributed by atoms with Crippen molar-refractivity contribution in [1.29, 1.82) is 0 Å². The number of nitrogens with one attached hydrogen (secondary N) is 1. The van der Waals surface area contributed by atoms with Gasteiger partial charge in [0.05, 0.1) is 5.39 Å². The highest BCUT2D eigenvalue weighted by atomic mass is 32.1. The van der Waals surface area contributed by atoms with Gasteiger partial charge in [-0.15, -0.1) is 11.3 Å². The van der Waals surface area contributed by atoms with E-state index in [9.17, 15) is 0 Å². The molecule has 1 N–H and O–H groups in total. The van der Waals surface area contributed by atoms with Crippen molar-refractivity contribution in [2.75, 3.05) is 5.32 Å². The molecule has 0 aliphatic carbocycles. The van der Waals surface area contributed by atoms with Crippen molar-refractivity contribution in [3.8, 4) is 0 Å². The highest BCUT2D eigenvalue weighted by Gasteiger charge is 2.11. The van der Waals surface area contributed by atoms with Gasteiger partial charge in [0.1, 0.15) is 17.0 Å². The zero-order valence-corrected chi connectivity index (χ0v) is 11.4. The summed E-state index contributed by atoms with van der Waals surface area (Å²) in [5.74, 6) is 0.860. The first-order chi connectivity index (χ1) is 9.92. The van der Waals surface area contributed by atoms with Crippen LogP contribution in [0.4, 0.5) is 11.5 Å². The van der Waals surface area contributed by atoms with Gasteiger partial charge in [0.2, 0.25) is 0 Å². The molecule has 3 nitrogen and oxygen atoms in total. The van der Waals surface area contributed by atoms with E-state index in [1.54, 1.807) is 17.7 Å². The highest BCUT2D eigenvalue weighted by Crippen LogP contribution is 2.36. The number of anilines is 2. The van der Waals surface area contributed by atoms with E-state index in [1.165, 1.54) is 10.1 Å². The minimum absolute atomic E-state index is 0.860. The summed E-state index contributed by atoms with van der Waals surface area (Å²) in [5, 5.41) is 5.68. The van der Waals surface area contributed by atoms with E-state index in [-0.39, 0.29) is 0 Å². The second kappa shape index (κ2) is 4.58. The fourth-order valence-electron chi connectivity index (χ4n) is 2.31. The number of fused-ring (bicyclic) bond motifs is 3. The first kappa shape index (κ1) is 11.4. The molecule has 0 atom stereocenters. The number of hydrogen-bond acceptors (Lipinski definition) is 4. The molecule has 0 aliphatic rings. The molecule has 2 heterocycles. The molecule has 0 saturated heterocycles. The average Bonchev–Trinajstić information content (AvgIpc) is 2.88. The van der Waals surface area contributed by atoms with Crippen LogP contribution in [-0.4, -0.2) is 9.97 Å². The van der Waals surface area contributed by atoms with E-state index in [4.69, 9.17) is 0 Å². The van der Waals surface area contributed by atoms with Crippen LogP contribution in [0.1, 0.15) is 0 Å². The summed E-state index contributed by atoms with van der Waals surface area (Å²) in [6.45, 7) is 0. The van der Waals surface area contributed by atoms with Gasteiger partial charge in [-0.3, -0.25) is 0 Å². The van der Waals surface area contributed by atoms with Crippen LogP contribution >= 0.6 is 11.3 Å². The molecule has 0 bridgehead atoms. The number of thiophene rings is 1. The zero-order valence-electron chi connectivity index (χ0n) is 10.6. The number of aromatic nitrogens is 2. The van der Waals surface area contributed by atoms with Crippen LogP contribution in [0.15, 0.2) is 60.9 Å². The second-order valence-electron chi connectivity index (χ2n) is 4.49. The first-order valence-electron chi connectivity index (χ1n) is 6.36. The number of nitrogens with zero attached hydrogens (tertiary/aromatic N) is 2. The predicted molar refractivity (Wildman–Crippen MR) is 84.6 cm³/mol. The molecule has 0 saturated carbocycles. The molecule has 96 valence electrons. The standard InChI is InChI=1S/C16H11N3S/c1-2-6-11(7-3-1)19-15-14-12-8-4-5-9-13(12)20-16(14)18-10-17-15/h1-10H,(H,17,18,19). The molecule has 4 heteroatoms. The summed E-state index contributed by atoms with van der Waals surface area (Å²) in [4.78, 5) is 9.81. The molecule has 20 heavy (non-hydrogen) atoms. The smallest absolute Gasteiger partial charge is 0.143 e. The van der Waals surface area contributed by atoms with Gasteiger partial charge < -0.3 is 5.32 Å². The van der Waals surface area contributed by atoms with Crippen molar-refractivity contribution < 1.29 is 0 Å². The Hall–Kier alpha value is -2.46. The molecule has 0 radical (unpaired) electrons. The van der Waals surface area contributed by atoms with Crippen molar-refractivity contribution in [1.82, 2.24) is 9.97 Å². The van der Waals surface area contributed by atoms with Gasteiger partial charge in [-0.1, -0.05) is 36.4 Å². The van der Waals surface area contributed by atoms with Crippen molar-refractivity contribution in [2.24, 2.45) is 0 Å². The van der Waals surface area contributed by atoms with E-state index < -0.39 is 0 Å². The normalized spacial score (nSPS) is 11.0. The van der Waals surface area contributed by atoms with Gasteiger partial charge >= 0.3 is 0 Å². The molecule has 4 rings (SSSR count). The third-order valence-electron chi connectivity index (χ3n) is 3.21. The van der Waals surface area contributed by atoms with Crippen molar-refractivity contribution in [3.63, 3.8) is 0 Å². The fourth-order valence-corrected chi connectivity index (χ4v) is 3.35. The Morgan fingerprint density at radius 3 is 2.55 bits per heavy atom. The topological polar surface area (TPSA) is 37.8 Å². The van der Waals surface area contributed by atoms with Gasteiger partial charge in [-0.25, -0.2) is 9.97 Å². The summed E-state index contributed by atoms with van der Waals surface area (Å²) in [7, 11) is 0. The largest absolute Gasteiger partial charge is 0.340 e. The summed E-state index contributed by atoms with van der Waals surface area (Å²) < 4.78 is 1.24. The third kappa shape index (κ3) is 1.82. The van der Waals surface area contributed by atoms with Crippen LogP contribution in [0.3, 0.4) is 0 Å². The molecule has 0 aliphatic heterocycles. The van der Waals surface area contributed by atoms with E-state index in [0.717, 1.165) is 21.7 Å². The minimum atomic E-state index is 0.860. The highest BCUT2D eigenvalue weighted by molar-refractivity contribution is 7.25. The van der Waals surface area contributed by atoms with E-state index >= 15 is 0 Å². The SMILES string of the molecule is c1ccc(Nc2ncnc3sc4ccccc4c23)cc1. The molecule has 0 fully saturated rings. The van der Waals surface area contributed by atoms with Crippen LogP contribution in [0.5, 0.6) is 0 Å². The quantitative estimate of drug-likeness (QED) is 0.582. The van der Waals surface area contributed by atoms with E-state index in [0.29, 0.717) is 0 Å². The van der Waals surface area contributed by atoms with Crippen LogP contribution < -0.4 is 5.32 Å². The van der Waals surface area contributed by atoms with Crippen LogP contribution in [0, 0.1) is 0 Å². The monoisotopic (exact) mass is 277 g/mol. The molecular weight excluding hydrogens is 266 g/mol. The lowest BCUT2D eigenvalue weighted by Gasteiger charge is -2.06.